The van der Waals surface area contributed by atoms with Crippen LogP contribution in [0.4, 0.5) is 0 Å². The van der Waals surface area contributed by atoms with Gasteiger partial charge in [-0.05, 0) is 43.5 Å². The van der Waals surface area contributed by atoms with Gasteiger partial charge in [-0.25, -0.2) is 5.01 Å². The Hall–Kier alpha value is -0.910. The third kappa shape index (κ3) is 1.71. The van der Waals surface area contributed by atoms with E-state index in [1.807, 2.05) is 5.01 Å². The number of carbonyl (C=O) groups is 1. The number of hydrogen-bond acceptors (Lipinski definition) is 3. The van der Waals surface area contributed by atoms with E-state index in [9.17, 15) is 9.90 Å². The average Bonchev–Trinajstić information content (AvgIpc) is 2.97. The molecule has 0 saturated carbocycles. The standard InChI is InChI=1S/C16H19BrN2O2/c1-16(2)7-14(21)18-13(8-20)12-6-9-5-10(17)3-4-11(9)15(12)19(16)18/h3-5,12-13,15,20H,6-8H2,1-2H3. The maximum absolute atomic E-state index is 12.4. The van der Waals surface area contributed by atoms with Crippen LogP contribution in [0.15, 0.2) is 22.7 Å². The maximum atomic E-state index is 12.4. The quantitative estimate of drug-likeness (QED) is 0.844. The van der Waals surface area contributed by atoms with Crippen molar-refractivity contribution >= 4 is 21.8 Å². The Kier molecular flexibility index (Phi) is 2.82. The minimum atomic E-state index is -0.182. The van der Waals surface area contributed by atoms with Gasteiger partial charge in [0.25, 0.3) is 0 Å². The average molecular weight is 351 g/mol. The molecule has 4 nitrogen and oxygen atoms in total. The summed E-state index contributed by atoms with van der Waals surface area (Å²) < 4.78 is 1.09. The van der Waals surface area contributed by atoms with E-state index in [2.05, 4.69) is 53.0 Å². The molecule has 2 heterocycles. The first-order valence-corrected chi connectivity index (χ1v) is 8.24. The van der Waals surface area contributed by atoms with Crippen molar-refractivity contribution in [2.75, 3.05) is 6.61 Å². The van der Waals surface area contributed by atoms with Gasteiger partial charge in [-0.15, -0.1) is 0 Å². The number of nitrogens with zero attached hydrogens (tertiary/aromatic N) is 2. The Labute approximate surface area is 132 Å². The van der Waals surface area contributed by atoms with Crippen LogP contribution in [-0.2, 0) is 11.2 Å². The molecule has 0 radical (unpaired) electrons. The second-order valence-corrected chi connectivity index (χ2v) is 7.89. The molecule has 2 saturated heterocycles. The molecule has 2 aliphatic heterocycles. The zero-order chi connectivity index (χ0) is 14.9. The largest absolute Gasteiger partial charge is 0.394 e. The van der Waals surface area contributed by atoms with Crippen molar-refractivity contribution < 1.29 is 9.90 Å². The van der Waals surface area contributed by atoms with Crippen LogP contribution in [0.1, 0.15) is 37.4 Å². The number of rotatable bonds is 1. The number of benzene rings is 1. The predicted octanol–water partition coefficient (Wildman–Crippen LogP) is 2.26. The lowest BCUT2D eigenvalue weighted by molar-refractivity contribution is -0.142. The van der Waals surface area contributed by atoms with Gasteiger partial charge in [-0.2, -0.15) is 0 Å². The number of carbonyl (C=O) groups excluding carboxylic acids is 1. The van der Waals surface area contributed by atoms with Gasteiger partial charge in [0.2, 0.25) is 5.91 Å². The fraction of sp³-hybridized carbons (Fsp3) is 0.562. The lowest BCUT2D eigenvalue weighted by Crippen LogP contribution is -2.46. The van der Waals surface area contributed by atoms with Gasteiger partial charge in [0.05, 0.1) is 18.7 Å². The zero-order valence-corrected chi connectivity index (χ0v) is 13.8. The molecule has 0 aromatic heterocycles. The highest BCUT2D eigenvalue weighted by molar-refractivity contribution is 9.10. The molecule has 2 fully saturated rings. The van der Waals surface area contributed by atoms with E-state index in [0.29, 0.717) is 12.3 Å². The molecule has 3 atom stereocenters. The third-order valence-electron chi connectivity index (χ3n) is 5.24. The molecule has 4 rings (SSSR count). The molecule has 1 aliphatic carbocycles. The number of aliphatic hydroxyl groups is 1. The van der Waals surface area contributed by atoms with Crippen LogP contribution in [0, 0.1) is 5.92 Å². The second kappa shape index (κ2) is 4.31. The van der Waals surface area contributed by atoms with Crippen LogP contribution < -0.4 is 0 Å². The summed E-state index contributed by atoms with van der Waals surface area (Å²) in [6.07, 6.45) is 1.46. The van der Waals surface area contributed by atoms with Crippen molar-refractivity contribution in [3.05, 3.63) is 33.8 Å². The van der Waals surface area contributed by atoms with Crippen LogP contribution >= 0.6 is 15.9 Å². The SMILES string of the molecule is CC1(C)CC(=O)N2C(CO)C3Cc4cc(Br)ccc4C3N21. The Morgan fingerprint density at radius 3 is 2.90 bits per heavy atom. The van der Waals surface area contributed by atoms with Crippen molar-refractivity contribution in [2.45, 2.75) is 44.3 Å². The van der Waals surface area contributed by atoms with Crippen LogP contribution in [0.2, 0.25) is 0 Å². The number of aliphatic hydroxyl groups excluding tert-OH is 1. The highest BCUT2D eigenvalue weighted by Gasteiger charge is 2.61. The smallest absolute Gasteiger partial charge is 0.239 e. The van der Waals surface area contributed by atoms with E-state index in [-0.39, 0.29) is 30.1 Å². The summed E-state index contributed by atoms with van der Waals surface area (Å²) in [6.45, 7) is 4.28. The minimum absolute atomic E-state index is 0.0364. The van der Waals surface area contributed by atoms with Crippen LogP contribution in [0.3, 0.4) is 0 Å². The molecule has 21 heavy (non-hydrogen) atoms. The van der Waals surface area contributed by atoms with Gasteiger partial charge in [0.15, 0.2) is 0 Å². The highest BCUT2D eigenvalue weighted by atomic mass is 79.9. The second-order valence-electron chi connectivity index (χ2n) is 6.98. The maximum Gasteiger partial charge on any atom is 0.239 e. The van der Waals surface area contributed by atoms with Gasteiger partial charge in [0, 0.05) is 22.4 Å². The highest BCUT2D eigenvalue weighted by Crippen LogP contribution is 2.55. The molecule has 5 heteroatoms. The van der Waals surface area contributed by atoms with E-state index in [4.69, 9.17) is 0 Å². The van der Waals surface area contributed by atoms with E-state index in [1.54, 1.807) is 0 Å². The molecule has 1 aromatic carbocycles. The number of fused-ring (bicyclic) bond motifs is 5. The summed E-state index contributed by atoms with van der Waals surface area (Å²) in [7, 11) is 0. The summed E-state index contributed by atoms with van der Waals surface area (Å²) >= 11 is 3.54. The number of hydrazine groups is 1. The Morgan fingerprint density at radius 2 is 2.19 bits per heavy atom. The van der Waals surface area contributed by atoms with Crippen LogP contribution in [0.25, 0.3) is 0 Å². The first-order valence-electron chi connectivity index (χ1n) is 7.44. The van der Waals surface area contributed by atoms with Gasteiger partial charge in [-0.3, -0.25) is 9.80 Å². The minimum Gasteiger partial charge on any atom is -0.394 e. The first kappa shape index (κ1) is 13.7. The molecular weight excluding hydrogens is 332 g/mol. The number of halogens is 1. The van der Waals surface area contributed by atoms with Gasteiger partial charge in [-0.1, -0.05) is 22.0 Å². The Bertz CT molecular complexity index is 631. The van der Waals surface area contributed by atoms with Crippen molar-refractivity contribution in [1.29, 1.82) is 0 Å². The normalized spacial score (nSPS) is 33.2. The fourth-order valence-electron chi connectivity index (χ4n) is 4.49. The Morgan fingerprint density at radius 1 is 1.43 bits per heavy atom. The molecule has 3 unspecified atom stereocenters. The summed E-state index contributed by atoms with van der Waals surface area (Å²) in [5, 5.41) is 13.9. The van der Waals surface area contributed by atoms with Gasteiger partial charge >= 0.3 is 0 Å². The van der Waals surface area contributed by atoms with Gasteiger partial charge < -0.3 is 5.11 Å². The molecule has 1 aromatic rings. The van der Waals surface area contributed by atoms with E-state index < -0.39 is 0 Å². The zero-order valence-electron chi connectivity index (χ0n) is 12.2. The molecule has 3 aliphatic rings. The number of hydrogen-bond donors (Lipinski definition) is 1. The summed E-state index contributed by atoms with van der Waals surface area (Å²) in [4.78, 5) is 12.4. The monoisotopic (exact) mass is 350 g/mol. The van der Waals surface area contributed by atoms with Crippen molar-refractivity contribution in [1.82, 2.24) is 10.0 Å². The van der Waals surface area contributed by atoms with Crippen molar-refractivity contribution in [2.24, 2.45) is 5.92 Å². The molecular formula is C16H19BrN2O2. The van der Waals surface area contributed by atoms with Gasteiger partial charge in [0.1, 0.15) is 0 Å². The lowest BCUT2D eigenvalue weighted by atomic mass is 9.90. The lowest BCUT2D eigenvalue weighted by Gasteiger charge is -2.36. The Balaban J connectivity index is 1.85. The summed E-state index contributed by atoms with van der Waals surface area (Å²) in [6, 6.07) is 6.54. The van der Waals surface area contributed by atoms with E-state index in [0.717, 1.165) is 10.9 Å². The predicted molar refractivity (Wildman–Crippen MR) is 82.3 cm³/mol. The number of amides is 1. The molecule has 0 spiro atoms. The van der Waals surface area contributed by atoms with Crippen LogP contribution in [-0.4, -0.2) is 39.2 Å². The molecule has 1 amide bonds. The summed E-state index contributed by atoms with van der Waals surface area (Å²) in [5.41, 5.74) is 2.47. The molecule has 0 bridgehead atoms. The van der Waals surface area contributed by atoms with Crippen molar-refractivity contribution in [3.63, 3.8) is 0 Å². The molecule has 1 N–H and O–H groups in total. The third-order valence-corrected chi connectivity index (χ3v) is 5.73. The van der Waals surface area contributed by atoms with Crippen molar-refractivity contribution in [3.8, 4) is 0 Å². The summed E-state index contributed by atoms with van der Waals surface area (Å²) in [5.74, 6) is 0.440. The first-order chi connectivity index (χ1) is 9.94. The van der Waals surface area contributed by atoms with E-state index >= 15 is 0 Å². The molecule has 112 valence electrons. The fourth-order valence-corrected chi connectivity index (χ4v) is 4.90. The van der Waals surface area contributed by atoms with Crippen LogP contribution in [0.5, 0.6) is 0 Å². The topological polar surface area (TPSA) is 43.8 Å². The van der Waals surface area contributed by atoms with E-state index in [1.165, 1.54) is 11.1 Å².